The van der Waals surface area contributed by atoms with E-state index in [1.165, 1.54) is 0 Å². The lowest BCUT2D eigenvalue weighted by atomic mass is 10.2. The van der Waals surface area contributed by atoms with Crippen molar-refractivity contribution in [3.05, 3.63) is 68.3 Å². The standard InChI is InChI=1S/C20H20N2O3S3/c1-13(18-4-3-9-26-18)21-19(23)10-25-20(24)15-5-7-17(8-6-15)28-12-16-11-27-14(2)22-16/h3-9,11,13H,10,12H2,1-2H3,(H,21,23). The number of carbonyl (C=O) groups excluding carboxylic acids is 2. The first-order valence-electron chi connectivity index (χ1n) is 8.65. The summed E-state index contributed by atoms with van der Waals surface area (Å²) in [6.45, 7) is 3.59. The van der Waals surface area contributed by atoms with Crippen LogP contribution in [0, 0.1) is 6.92 Å². The molecule has 2 aromatic heterocycles. The van der Waals surface area contributed by atoms with E-state index < -0.39 is 5.97 Å². The van der Waals surface area contributed by atoms with Gasteiger partial charge in [0.25, 0.3) is 5.91 Å². The molecule has 5 nitrogen and oxygen atoms in total. The Morgan fingerprint density at radius 1 is 1.21 bits per heavy atom. The fraction of sp³-hybridized carbons (Fsp3) is 0.250. The molecular formula is C20H20N2O3S3. The number of amides is 1. The minimum Gasteiger partial charge on any atom is -0.452 e. The lowest BCUT2D eigenvalue weighted by molar-refractivity contribution is -0.124. The van der Waals surface area contributed by atoms with Gasteiger partial charge in [-0.05, 0) is 49.6 Å². The van der Waals surface area contributed by atoms with E-state index in [0.717, 1.165) is 26.2 Å². The molecule has 0 spiro atoms. The summed E-state index contributed by atoms with van der Waals surface area (Å²) in [4.78, 5) is 30.6. The minimum absolute atomic E-state index is 0.107. The van der Waals surface area contributed by atoms with E-state index in [0.29, 0.717) is 5.56 Å². The number of esters is 1. The van der Waals surface area contributed by atoms with Gasteiger partial charge in [-0.15, -0.1) is 34.4 Å². The van der Waals surface area contributed by atoms with Crippen LogP contribution in [0.4, 0.5) is 0 Å². The quantitative estimate of drug-likeness (QED) is 0.407. The Labute approximate surface area is 176 Å². The second kappa shape index (κ2) is 9.86. The molecule has 0 saturated heterocycles. The summed E-state index contributed by atoms with van der Waals surface area (Å²) < 4.78 is 5.12. The van der Waals surface area contributed by atoms with Gasteiger partial charge >= 0.3 is 5.97 Å². The minimum atomic E-state index is -0.509. The van der Waals surface area contributed by atoms with E-state index in [2.05, 4.69) is 15.7 Å². The molecular weight excluding hydrogens is 412 g/mol. The van der Waals surface area contributed by atoms with E-state index in [4.69, 9.17) is 4.74 Å². The van der Waals surface area contributed by atoms with Crippen molar-refractivity contribution in [2.24, 2.45) is 0 Å². The third kappa shape index (κ3) is 5.92. The third-order valence-electron chi connectivity index (χ3n) is 3.83. The number of thioether (sulfide) groups is 1. The SMILES string of the molecule is Cc1nc(CSc2ccc(C(=O)OCC(=O)NC(C)c3cccs3)cc2)cs1. The predicted octanol–water partition coefficient (Wildman–Crippen LogP) is 4.84. The Hall–Kier alpha value is -2.16. The first kappa shape index (κ1) is 20.6. The largest absolute Gasteiger partial charge is 0.452 e. The zero-order valence-electron chi connectivity index (χ0n) is 15.5. The van der Waals surface area contributed by atoms with Crippen LogP contribution in [0.1, 0.15) is 38.9 Å². The molecule has 0 bridgehead atoms. The molecule has 8 heteroatoms. The molecule has 1 atom stereocenters. The van der Waals surface area contributed by atoms with Gasteiger partial charge in [-0.3, -0.25) is 4.79 Å². The van der Waals surface area contributed by atoms with Crippen LogP contribution < -0.4 is 5.32 Å². The fourth-order valence-electron chi connectivity index (χ4n) is 2.43. The molecule has 0 aliphatic rings. The van der Waals surface area contributed by atoms with Crippen LogP contribution in [0.3, 0.4) is 0 Å². The number of thiazole rings is 1. The summed E-state index contributed by atoms with van der Waals surface area (Å²) >= 11 is 4.87. The zero-order chi connectivity index (χ0) is 19.9. The van der Waals surface area contributed by atoms with Gasteiger partial charge in [0, 0.05) is 20.9 Å². The van der Waals surface area contributed by atoms with E-state index in [1.807, 2.05) is 43.5 Å². The Bertz CT molecular complexity index is 921. The van der Waals surface area contributed by atoms with Gasteiger partial charge in [0.2, 0.25) is 0 Å². The lowest BCUT2D eigenvalue weighted by Gasteiger charge is -2.12. The molecule has 1 amide bonds. The molecule has 0 fully saturated rings. The van der Waals surface area contributed by atoms with Crippen molar-refractivity contribution in [1.29, 1.82) is 0 Å². The average molecular weight is 433 g/mol. The summed E-state index contributed by atoms with van der Waals surface area (Å²) in [5.74, 6) is -0.0397. The molecule has 3 rings (SSSR count). The van der Waals surface area contributed by atoms with Gasteiger partial charge in [0.05, 0.1) is 22.3 Å². The number of aromatic nitrogens is 1. The van der Waals surface area contributed by atoms with Crippen LogP contribution in [0.15, 0.2) is 52.1 Å². The molecule has 1 unspecified atom stereocenters. The molecule has 1 N–H and O–H groups in total. The van der Waals surface area contributed by atoms with Crippen LogP contribution in [0.25, 0.3) is 0 Å². The van der Waals surface area contributed by atoms with Crippen molar-refractivity contribution in [2.75, 3.05) is 6.61 Å². The highest BCUT2D eigenvalue weighted by molar-refractivity contribution is 7.98. The third-order valence-corrected chi connectivity index (χ3v) is 6.75. The maximum absolute atomic E-state index is 12.1. The van der Waals surface area contributed by atoms with Gasteiger partial charge in [-0.2, -0.15) is 0 Å². The molecule has 0 saturated carbocycles. The number of nitrogens with one attached hydrogen (secondary N) is 1. The van der Waals surface area contributed by atoms with Gasteiger partial charge < -0.3 is 10.1 Å². The molecule has 0 aliphatic carbocycles. The molecule has 0 aliphatic heterocycles. The summed E-state index contributed by atoms with van der Waals surface area (Å²) in [7, 11) is 0. The lowest BCUT2D eigenvalue weighted by Crippen LogP contribution is -2.30. The van der Waals surface area contributed by atoms with Crippen LogP contribution in [-0.4, -0.2) is 23.5 Å². The number of aryl methyl sites for hydroxylation is 1. The predicted molar refractivity (Wildman–Crippen MR) is 114 cm³/mol. The number of carbonyl (C=O) groups is 2. The molecule has 146 valence electrons. The van der Waals surface area contributed by atoms with Crippen molar-refractivity contribution < 1.29 is 14.3 Å². The van der Waals surface area contributed by atoms with Crippen LogP contribution in [0.5, 0.6) is 0 Å². The number of rotatable bonds is 8. The molecule has 1 aromatic carbocycles. The van der Waals surface area contributed by atoms with Crippen molar-refractivity contribution in [2.45, 2.75) is 30.5 Å². The van der Waals surface area contributed by atoms with Crippen molar-refractivity contribution in [1.82, 2.24) is 10.3 Å². The summed E-state index contributed by atoms with van der Waals surface area (Å²) in [6.07, 6.45) is 0. The Balaban J connectivity index is 1.44. The first-order valence-corrected chi connectivity index (χ1v) is 11.4. The number of thiophene rings is 1. The highest BCUT2D eigenvalue weighted by Crippen LogP contribution is 2.24. The van der Waals surface area contributed by atoms with E-state index >= 15 is 0 Å². The normalized spacial score (nSPS) is 11.8. The number of ether oxygens (including phenoxy) is 1. The smallest absolute Gasteiger partial charge is 0.338 e. The molecule has 2 heterocycles. The highest BCUT2D eigenvalue weighted by atomic mass is 32.2. The number of benzene rings is 1. The summed E-state index contributed by atoms with van der Waals surface area (Å²) in [5.41, 5.74) is 1.48. The van der Waals surface area contributed by atoms with E-state index in [-0.39, 0.29) is 18.6 Å². The highest BCUT2D eigenvalue weighted by Gasteiger charge is 2.13. The van der Waals surface area contributed by atoms with Crippen LogP contribution in [-0.2, 0) is 15.3 Å². The van der Waals surface area contributed by atoms with Gasteiger partial charge in [0.15, 0.2) is 6.61 Å². The second-order valence-electron chi connectivity index (χ2n) is 6.05. The molecule has 3 aromatic rings. The topological polar surface area (TPSA) is 68.3 Å². The summed E-state index contributed by atoms with van der Waals surface area (Å²) in [5, 5.41) is 7.89. The zero-order valence-corrected chi connectivity index (χ0v) is 18.0. The van der Waals surface area contributed by atoms with Crippen LogP contribution >= 0.6 is 34.4 Å². The number of hydrogen-bond acceptors (Lipinski definition) is 7. The Morgan fingerprint density at radius 2 is 2.00 bits per heavy atom. The Morgan fingerprint density at radius 3 is 2.64 bits per heavy atom. The number of hydrogen-bond donors (Lipinski definition) is 1. The summed E-state index contributed by atoms with van der Waals surface area (Å²) in [6, 6.07) is 11.0. The van der Waals surface area contributed by atoms with Crippen LogP contribution in [0.2, 0.25) is 0 Å². The maximum atomic E-state index is 12.1. The first-order chi connectivity index (χ1) is 13.5. The average Bonchev–Trinajstić information content (AvgIpc) is 3.37. The van der Waals surface area contributed by atoms with Crippen molar-refractivity contribution in [3.8, 4) is 0 Å². The van der Waals surface area contributed by atoms with Crippen molar-refractivity contribution in [3.63, 3.8) is 0 Å². The van der Waals surface area contributed by atoms with Crippen molar-refractivity contribution >= 4 is 46.3 Å². The maximum Gasteiger partial charge on any atom is 0.338 e. The van der Waals surface area contributed by atoms with Gasteiger partial charge in [0.1, 0.15) is 0 Å². The van der Waals surface area contributed by atoms with E-state index in [9.17, 15) is 9.59 Å². The van der Waals surface area contributed by atoms with E-state index in [1.54, 1.807) is 46.6 Å². The fourth-order valence-corrected chi connectivity index (χ4v) is 4.67. The van der Waals surface area contributed by atoms with Gasteiger partial charge in [-0.25, -0.2) is 9.78 Å². The Kier molecular flexibility index (Phi) is 7.24. The number of nitrogens with zero attached hydrogens (tertiary/aromatic N) is 1. The van der Waals surface area contributed by atoms with Gasteiger partial charge in [-0.1, -0.05) is 6.07 Å². The second-order valence-corrected chi connectivity index (χ2v) is 9.14. The molecule has 0 radical (unpaired) electrons. The monoisotopic (exact) mass is 432 g/mol. The molecule has 28 heavy (non-hydrogen) atoms.